The van der Waals surface area contributed by atoms with Crippen molar-refractivity contribution in [2.45, 2.75) is 58.0 Å². The molecule has 0 aliphatic carbocycles. The Morgan fingerprint density at radius 3 is 2.08 bits per heavy atom. The lowest BCUT2D eigenvalue weighted by molar-refractivity contribution is 0.0702. The maximum absolute atomic E-state index is 12.7. The number of carboxylic acids is 1. The zero-order valence-corrected chi connectivity index (χ0v) is 26.9. The molecule has 4 rings (SSSR count). The van der Waals surface area contributed by atoms with Crippen LogP contribution < -0.4 is 4.90 Å². The van der Waals surface area contributed by atoms with Crippen molar-refractivity contribution < 1.29 is 14.3 Å². The minimum atomic E-state index is -2.26. The van der Waals surface area contributed by atoms with Gasteiger partial charge in [-0.25, -0.2) is 4.79 Å². The quantitative estimate of drug-likeness (QED) is 0.191. The first-order valence-corrected chi connectivity index (χ1v) is 17.7. The maximum atomic E-state index is 12.7. The van der Waals surface area contributed by atoms with Crippen molar-refractivity contribution in [2.75, 3.05) is 4.90 Å². The SMILES string of the molecule is CC(C(O[Si](C)(C)C(C)(C)C)c1ccccc1)N(c1ccc(Cl)cc1Cl)c1cc(-c2ccccc2)sc1C(=O)O. The van der Waals surface area contributed by atoms with Crippen LogP contribution in [0.3, 0.4) is 0 Å². The highest BCUT2D eigenvalue weighted by molar-refractivity contribution is 7.18. The fourth-order valence-electron chi connectivity index (χ4n) is 4.42. The molecule has 0 radical (unpaired) electrons. The molecule has 0 aliphatic heterocycles. The Morgan fingerprint density at radius 1 is 0.925 bits per heavy atom. The largest absolute Gasteiger partial charge is 0.477 e. The summed E-state index contributed by atoms with van der Waals surface area (Å²) in [4.78, 5) is 15.8. The summed E-state index contributed by atoms with van der Waals surface area (Å²) < 4.78 is 7.11. The molecule has 0 saturated carbocycles. The van der Waals surface area contributed by atoms with Gasteiger partial charge >= 0.3 is 5.97 Å². The molecule has 0 aliphatic rings. The van der Waals surface area contributed by atoms with Crippen LogP contribution in [0.25, 0.3) is 10.4 Å². The minimum Gasteiger partial charge on any atom is -0.477 e. The summed E-state index contributed by atoms with van der Waals surface area (Å²) in [5.41, 5.74) is 3.20. The lowest BCUT2D eigenvalue weighted by Gasteiger charge is -2.44. The normalized spacial score (nSPS) is 13.6. The molecule has 1 heterocycles. The Labute approximate surface area is 252 Å². The summed E-state index contributed by atoms with van der Waals surface area (Å²) in [5, 5.41) is 11.3. The van der Waals surface area contributed by atoms with Gasteiger partial charge in [0.25, 0.3) is 0 Å². The fourth-order valence-corrected chi connectivity index (χ4v) is 7.24. The Bertz CT molecular complexity index is 1470. The maximum Gasteiger partial charge on any atom is 0.348 e. The van der Waals surface area contributed by atoms with E-state index in [9.17, 15) is 9.90 Å². The summed E-state index contributed by atoms with van der Waals surface area (Å²) in [6, 6.07) is 26.9. The van der Waals surface area contributed by atoms with Crippen LogP contribution in [0, 0.1) is 0 Å². The number of anilines is 2. The summed E-state index contributed by atoms with van der Waals surface area (Å²) in [7, 11) is -2.26. The van der Waals surface area contributed by atoms with E-state index >= 15 is 0 Å². The number of benzene rings is 3. The molecular formula is C32H35Cl2NO3SSi. The van der Waals surface area contributed by atoms with Crippen molar-refractivity contribution in [3.63, 3.8) is 0 Å². The molecule has 2 unspecified atom stereocenters. The molecular weight excluding hydrogens is 577 g/mol. The third-order valence-corrected chi connectivity index (χ3v) is 13.7. The minimum absolute atomic E-state index is 0.0302. The van der Waals surface area contributed by atoms with E-state index in [-0.39, 0.29) is 22.1 Å². The number of carboxylic acid groups (broad SMARTS) is 1. The molecule has 1 N–H and O–H groups in total. The predicted octanol–water partition coefficient (Wildman–Crippen LogP) is 10.7. The average Bonchev–Trinajstić information content (AvgIpc) is 3.34. The van der Waals surface area contributed by atoms with E-state index in [4.69, 9.17) is 27.6 Å². The third-order valence-electron chi connectivity index (χ3n) is 7.60. The Morgan fingerprint density at radius 2 is 1.52 bits per heavy atom. The van der Waals surface area contributed by atoms with Crippen LogP contribution in [-0.4, -0.2) is 25.4 Å². The van der Waals surface area contributed by atoms with Gasteiger partial charge in [-0.15, -0.1) is 11.3 Å². The van der Waals surface area contributed by atoms with Gasteiger partial charge in [0.1, 0.15) is 4.88 Å². The number of hydrogen-bond donors (Lipinski definition) is 1. The molecule has 4 aromatic rings. The van der Waals surface area contributed by atoms with Gasteiger partial charge in [-0.1, -0.05) is 105 Å². The van der Waals surface area contributed by atoms with Crippen molar-refractivity contribution in [3.05, 3.63) is 105 Å². The third kappa shape index (κ3) is 6.48. The van der Waals surface area contributed by atoms with E-state index < -0.39 is 14.3 Å². The van der Waals surface area contributed by atoms with Crippen molar-refractivity contribution in [3.8, 4) is 10.4 Å². The number of carbonyl (C=O) groups is 1. The van der Waals surface area contributed by atoms with Crippen molar-refractivity contribution >= 4 is 60.2 Å². The highest BCUT2D eigenvalue weighted by Gasteiger charge is 2.42. The molecule has 0 bridgehead atoms. The van der Waals surface area contributed by atoms with Crippen LogP contribution in [0.5, 0.6) is 0 Å². The van der Waals surface area contributed by atoms with Gasteiger partial charge in [-0.2, -0.15) is 0 Å². The Balaban J connectivity index is 1.95. The van der Waals surface area contributed by atoms with Crippen molar-refractivity contribution in [1.29, 1.82) is 0 Å². The molecule has 8 heteroatoms. The lowest BCUT2D eigenvalue weighted by atomic mass is 10.0. The molecule has 1 aromatic heterocycles. The Kier molecular flexibility index (Phi) is 9.17. The predicted molar refractivity (Wildman–Crippen MR) is 172 cm³/mol. The van der Waals surface area contributed by atoms with Crippen molar-refractivity contribution in [1.82, 2.24) is 0 Å². The fraction of sp³-hybridized carbons (Fsp3) is 0.281. The van der Waals surface area contributed by atoms with Gasteiger partial charge in [0, 0.05) is 9.90 Å². The van der Waals surface area contributed by atoms with E-state index in [0.29, 0.717) is 21.4 Å². The van der Waals surface area contributed by atoms with Crippen LogP contribution in [0.1, 0.15) is 49.0 Å². The molecule has 0 amide bonds. The summed E-state index contributed by atoms with van der Waals surface area (Å²) in [6.07, 6.45) is -0.365. The lowest BCUT2D eigenvalue weighted by Crippen LogP contribution is -2.46. The second-order valence-corrected chi connectivity index (χ2v) is 18.1. The molecule has 0 spiro atoms. The second kappa shape index (κ2) is 12.1. The van der Waals surface area contributed by atoms with Gasteiger partial charge in [0.15, 0.2) is 8.32 Å². The van der Waals surface area contributed by atoms with Gasteiger partial charge in [-0.05, 0) is 60.4 Å². The van der Waals surface area contributed by atoms with Gasteiger partial charge in [0.05, 0.1) is 28.5 Å². The van der Waals surface area contributed by atoms with Crippen LogP contribution in [-0.2, 0) is 4.43 Å². The van der Waals surface area contributed by atoms with Crippen LogP contribution in [0.15, 0.2) is 84.9 Å². The number of halogens is 2. The van der Waals surface area contributed by atoms with E-state index in [0.717, 1.165) is 16.0 Å². The number of thiophene rings is 1. The molecule has 0 fully saturated rings. The van der Waals surface area contributed by atoms with E-state index in [1.54, 1.807) is 12.1 Å². The monoisotopic (exact) mass is 611 g/mol. The highest BCUT2D eigenvalue weighted by atomic mass is 35.5. The van der Waals surface area contributed by atoms with Crippen LogP contribution >= 0.6 is 34.5 Å². The first-order valence-electron chi connectivity index (χ1n) is 13.2. The van der Waals surface area contributed by atoms with Gasteiger partial charge in [0.2, 0.25) is 0 Å². The summed E-state index contributed by atoms with van der Waals surface area (Å²) in [5.74, 6) is -0.994. The smallest absolute Gasteiger partial charge is 0.348 e. The van der Waals surface area contributed by atoms with Crippen LogP contribution in [0.4, 0.5) is 11.4 Å². The van der Waals surface area contributed by atoms with Crippen LogP contribution in [0.2, 0.25) is 28.2 Å². The number of aromatic carboxylic acids is 1. The first-order chi connectivity index (χ1) is 18.8. The number of nitrogens with zero attached hydrogens (tertiary/aromatic N) is 1. The van der Waals surface area contributed by atoms with E-state index in [1.807, 2.05) is 65.6 Å². The number of rotatable bonds is 9. The second-order valence-electron chi connectivity index (χ2n) is 11.4. The van der Waals surface area contributed by atoms with E-state index in [2.05, 4.69) is 52.9 Å². The Hall–Kier alpha value is -2.61. The highest BCUT2D eigenvalue weighted by Crippen LogP contribution is 2.47. The first kappa shape index (κ1) is 30.3. The molecule has 3 aromatic carbocycles. The molecule has 40 heavy (non-hydrogen) atoms. The van der Waals surface area contributed by atoms with Gasteiger partial charge in [-0.3, -0.25) is 0 Å². The molecule has 2 atom stereocenters. The molecule has 0 saturated heterocycles. The summed E-state index contributed by atoms with van der Waals surface area (Å²) in [6.45, 7) is 13.2. The van der Waals surface area contributed by atoms with Crippen molar-refractivity contribution in [2.24, 2.45) is 0 Å². The average molecular weight is 613 g/mol. The van der Waals surface area contributed by atoms with Gasteiger partial charge < -0.3 is 14.4 Å². The standard InChI is InChI=1S/C32H35Cl2NO3SSi/c1-21(29(23-15-11-8-12-16-23)38-40(5,6)32(2,3)4)35(26-18-17-24(33)19-25(26)34)27-20-28(39-30(27)31(36)37)22-13-9-7-10-14-22/h7-21,29H,1-6H3,(H,36,37). The zero-order chi connectivity index (χ0) is 29.2. The zero-order valence-electron chi connectivity index (χ0n) is 23.6. The molecule has 4 nitrogen and oxygen atoms in total. The molecule has 210 valence electrons. The number of hydrogen-bond acceptors (Lipinski definition) is 4. The summed E-state index contributed by atoms with van der Waals surface area (Å²) >= 11 is 14.4. The van der Waals surface area contributed by atoms with E-state index in [1.165, 1.54) is 11.3 Å². The topological polar surface area (TPSA) is 49.8 Å².